The van der Waals surface area contributed by atoms with E-state index >= 15 is 0 Å². The molecule has 1 aliphatic carbocycles. The van der Waals surface area contributed by atoms with Gasteiger partial charge in [-0.15, -0.1) is 0 Å². The summed E-state index contributed by atoms with van der Waals surface area (Å²) in [5.41, 5.74) is 7.67. The molecule has 0 amide bonds. The number of hydrogen-bond acceptors (Lipinski definition) is 1. The van der Waals surface area contributed by atoms with Gasteiger partial charge in [0.2, 0.25) is 0 Å². The lowest BCUT2D eigenvalue weighted by molar-refractivity contribution is 0.107. The van der Waals surface area contributed by atoms with Gasteiger partial charge in [0.15, 0.2) is 0 Å². The van der Waals surface area contributed by atoms with E-state index in [1.54, 1.807) is 6.07 Å². The number of hydrogen-bond donors (Lipinski definition) is 1. The van der Waals surface area contributed by atoms with Gasteiger partial charge in [0.25, 0.3) is 0 Å². The van der Waals surface area contributed by atoms with Crippen LogP contribution in [-0.2, 0) is 6.42 Å². The van der Waals surface area contributed by atoms with Gasteiger partial charge >= 0.3 is 0 Å². The van der Waals surface area contributed by atoms with E-state index < -0.39 is 0 Å². The minimum absolute atomic E-state index is 0.145. The lowest BCUT2D eigenvalue weighted by Crippen LogP contribution is -2.39. The van der Waals surface area contributed by atoms with Gasteiger partial charge in [0.05, 0.1) is 4.47 Å². The maximum absolute atomic E-state index is 13.6. The molecule has 2 N–H and O–H groups in total. The van der Waals surface area contributed by atoms with Crippen molar-refractivity contribution in [2.24, 2.45) is 16.6 Å². The van der Waals surface area contributed by atoms with E-state index in [1.165, 1.54) is 18.9 Å². The van der Waals surface area contributed by atoms with E-state index in [0.29, 0.717) is 16.4 Å². The minimum atomic E-state index is -0.180. The molecule has 1 aromatic carbocycles. The van der Waals surface area contributed by atoms with E-state index in [-0.39, 0.29) is 11.2 Å². The predicted molar refractivity (Wildman–Crippen MR) is 81.5 cm³/mol. The van der Waals surface area contributed by atoms with Crippen LogP contribution in [0.25, 0.3) is 0 Å². The van der Waals surface area contributed by atoms with Crippen molar-refractivity contribution in [3.8, 4) is 0 Å². The zero-order valence-corrected chi connectivity index (χ0v) is 13.4. The summed E-state index contributed by atoms with van der Waals surface area (Å²) < 4.78 is 14.2. The van der Waals surface area contributed by atoms with Gasteiger partial charge in [0, 0.05) is 0 Å². The molecule has 2 rings (SSSR count). The Morgan fingerprint density at radius 1 is 1.21 bits per heavy atom. The Labute approximate surface area is 123 Å². The van der Waals surface area contributed by atoms with Gasteiger partial charge in [-0.3, -0.25) is 0 Å². The smallest absolute Gasteiger partial charge is 0.137 e. The molecule has 19 heavy (non-hydrogen) atoms. The van der Waals surface area contributed by atoms with Gasteiger partial charge in [-0.05, 0) is 77.0 Å². The fourth-order valence-corrected chi connectivity index (χ4v) is 3.40. The fourth-order valence-electron chi connectivity index (χ4n) is 3.00. The van der Waals surface area contributed by atoms with Crippen LogP contribution >= 0.6 is 15.9 Å². The van der Waals surface area contributed by atoms with Crippen LogP contribution in [0.4, 0.5) is 4.39 Å². The van der Waals surface area contributed by atoms with Gasteiger partial charge in [-0.2, -0.15) is 0 Å². The molecule has 0 saturated heterocycles. The van der Waals surface area contributed by atoms with E-state index in [2.05, 4.69) is 29.8 Å². The van der Waals surface area contributed by atoms with Crippen molar-refractivity contribution < 1.29 is 4.39 Å². The van der Waals surface area contributed by atoms with E-state index in [4.69, 9.17) is 5.73 Å². The highest BCUT2D eigenvalue weighted by Gasteiger charge is 2.37. The van der Waals surface area contributed by atoms with E-state index in [0.717, 1.165) is 24.8 Å². The van der Waals surface area contributed by atoms with Crippen LogP contribution in [0, 0.1) is 16.6 Å². The predicted octanol–water partition coefficient (Wildman–Crippen LogP) is 4.68. The van der Waals surface area contributed by atoms with Gasteiger partial charge in [0.1, 0.15) is 5.82 Å². The van der Waals surface area contributed by atoms with Crippen LogP contribution in [-0.4, -0.2) is 6.54 Å². The Kier molecular flexibility index (Phi) is 4.36. The lowest BCUT2D eigenvalue weighted by atomic mass is 9.63. The molecule has 1 aromatic rings. The number of nitrogens with two attached hydrogens (primary N) is 1. The Morgan fingerprint density at radius 2 is 1.84 bits per heavy atom. The summed E-state index contributed by atoms with van der Waals surface area (Å²) in [6.07, 6.45) is 5.56. The third-order valence-corrected chi connectivity index (χ3v) is 5.58. The number of rotatable bonds is 3. The van der Waals surface area contributed by atoms with Crippen LogP contribution in [0.3, 0.4) is 0 Å². The van der Waals surface area contributed by atoms with Crippen molar-refractivity contribution in [3.63, 3.8) is 0 Å². The summed E-state index contributed by atoms with van der Waals surface area (Å²) >= 11 is 3.37. The standard InChI is InChI=1S/C16H23BrFN/c1-15(2)6-8-16(11-19,9-7-15)10-12-4-3-5-13(18)14(12)17/h3-5H,6-11,19H2,1-2H3. The molecular formula is C16H23BrFN. The lowest BCUT2D eigenvalue weighted by Gasteiger charge is -2.43. The quantitative estimate of drug-likeness (QED) is 0.857. The molecule has 0 unspecified atom stereocenters. The highest BCUT2D eigenvalue weighted by Crippen LogP contribution is 2.46. The number of halogens is 2. The molecule has 0 aliphatic heterocycles. The molecule has 106 valence electrons. The number of benzene rings is 1. The molecular weight excluding hydrogens is 305 g/mol. The van der Waals surface area contributed by atoms with Crippen LogP contribution in [0.5, 0.6) is 0 Å². The van der Waals surface area contributed by atoms with Crippen LogP contribution in [0.1, 0.15) is 45.1 Å². The minimum Gasteiger partial charge on any atom is -0.330 e. The van der Waals surface area contributed by atoms with Gasteiger partial charge in [-0.1, -0.05) is 26.0 Å². The molecule has 1 saturated carbocycles. The summed E-state index contributed by atoms with van der Waals surface area (Å²) in [6, 6.07) is 5.28. The summed E-state index contributed by atoms with van der Waals surface area (Å²) in [5, 5.41) is 0. The zero-order valence-electron chi connectivity index (χ0n) is 11.8. The zero-order chi connectivity index (χ0) is 14.1. The molecule has 0 heterocycles. The maximum Gasteiger partial charge on any atom is 0.137 e. The average Bonchev–Trinajstić information content (AvgIpc) is 2.38. The van der Waals surface area contributed by atoms with Crippen LogP contribution in [0.15, 0.2) is 22.7 Å². The van der Waals surface area contributed by atoms with Crippen LogP contribution in [0.2, 0.25) is 0 Å². The first-order chi connectivity index (χ1) is 8.87. The molecule has 0 atom stereocenters. The Morgan fingerprint density at radius 3 is 2.42 bits per heavy atom. The summed E-state index contributed by atoms with van der Waals surface area (Å²) in [5.74, 6) is -0.180. The van der Waals surface area contributed by atoms with Crippen molar-refractivity contribution in [2.45, 2.75) is 46.0 Å². The van der Waals surface area contributed by atoms with Crippen molar-refractivity contribution in [1.29, 1.82) is 0 Å². The first-order valence-corrected chi connectivity index (χ1v) is 7.80. The molecule has 0 spiro atoms. The normalized spacial score (nSPS) is 21.3. The molecule has 3 heteroatoms. The molecule has 0 radical (unpaired) electrons. The van der Waals surface area contributed by atoms with Crippen molar-refractivity contribution >= 4 is 15.9 Å². The summed E-state index contributed by atoms with van der Waals surface area (Å²) in [6.45, 7) is 5.34. The third kappa shape index (κ3) is 3.38. The fraction of sp³-hybridized carbons (Fsp3) is 0.625. The molecule has 1 nitrogen and oxygen atoms in total. The van der Waals surface area contributed by atoms with Crippen LogP contribution < -0.4 is 5.73 Å². The van der Waals surface area contributed by atoms with Crippen molar-refractivity contribution in [3.05, 3.63) is 34.1 Å². The second-order valence-electron chi connectivity index (χ2n) is 6.76. The average molecular weight is 328 g/mol. The monoisotopic (exact) mass is 327 g/mol. The van der Waals surface area contributed by atoms with Gasteiger partial charge < -0.3 is 5.73 Å². The highest BCUT2D eigenvalue weighted by atomic mass is 79.9. The van der Waals surface area contributed by atoms with Crippen molar-refractivity contribution in [2.75, 3.05) is 6.54 Å². The highest BCUT2D eigenvalue weighted by molar-refractivity contribution is 9.10. The second-order valence-corrected chi connectivity index (χ2v) is 7.55. The topological polar surface area (TPSA) is 26.0 Å². The molecule has 1 fully saturated rings. The maximum atomic E-state index is 13.6. The largest absolute Gasteiger partial charge is 0.330 e. The Balaban J connectivity index is 2.18. The van der Waals surface area contributed by atoms with Crippen molar-refractivity contribution in [1.82, 2.24) is 0 Å². The summed E-state index contributed by atoms with van der Waals surface area (Å²) in [4.78, 5) is 0. The third-order valence-electron chi connectivity index (χ3n) is 4.69. The van der Waals surface area contributed by atoms with E-state index in [1.807, 2.05) is 6.07 Å². The first-order valence-electron chi connectivity index (χ1n) is 7.01. The molecule has 1 aliphatic rings. The van der Waals surface area contributed by atoms with E-state index in [9.17, 15) is 4.39 Å². The second kappa shape index (κ2) is 5.53. The Hall–Kier alpha value is -0.410. The first kappa shape index (κ1) is 15.0. The Bertz CT molecular complexity index is 446. The molecule has 0 aromatic heterocycles. The molecule has 0 bridgehead atoms. The summed E-state index contributed by atoms with van der Waals surface area (Å²) in [7, 11) is 0. The van der Waals surface area contributed by atoms with Gasteiger partial charge in [-0.25, -0.2) is 4.39 Å². The SMILES string of the molecule is CC1(C)CCC(CN)(Cc2cccc(F)c2Br)CC1.